The molecule has 0 amide bonds. The van der Waals surface area contributed by atoms with Crippen molar-refractivity contribution < 1.29 is 4.42 Å². The minimum Gasteiger partial charge on any atom is -0.455 e. The van der Waals surface area contributed by atoms with Gasteiger partial charge in [-0.3, -0.25) is 0 Å². The topological polar surface area (TPSA) is 16.4 Å². The first-order valence-corrected chi connectivity index (χ1v) is 13.6. The molecule has 0 aliphatic rings. The van der Waals surface area contributed by atoms with Crippen LogP contribution in [-0.4, -0.2) is 0 Å². The molecule has 8 rings (SSSR count). The first kappa shape index (κ1) is 22.6. The molecule has 0 aliphatic carbocycles. The average molecular weight is 512 g/mol. The Morgan fingerprint density at radius 2 is 1.10 bits per heavy atom. The molecular formula is C38H25NO. The minimum absolute atomic E-state index is 0.879. The van der Waals surface area contributed by atoms with Gasteiger partial charge in [0.1, 0.15) is 11.2 Å². The van der Waals surface area contributed by atoms with E-state index in [-0.39, 0.29) is 0 Å². The van der Waals surface area contributed by atoms with Crippen LogP contribution in [0.2, 0.25) is 0 Å². The third-order valence-electron chi connectivity index (χ3n) is 7.83. The van der Waals surface area contributed by atoms with E-state index in [1.807, 2.05) is 0 Å². The van der Waals surface area contributed by atoms with Crippen molar-refractivity contribution in [1.29, 1.82) is 0 Å². The normalized spacial score (nSPS) is 11.5. The number of nitrogens with zero attached hydrogens (tertiary/aromatic N) is 1. The molecule has 8 aromatic rings. The van der Waals surface area contributed by atoms with Gasteiger partial charge in [0.05, 0.1) is 5.69 Å². The summed E-state index contributed by atoms with van der Waals surface area (Å²) in [6.07, 6.45) is 0. The highest BCUT2D eigenvalue weighted by atomic mass is 16.3. The lowest BCUT2D eigenvalue weighted by Crippen LogP contribution is -2.10. The fourth-order valence-corrected chi connectivity index (χ4v) is 5.99. The average Bonchev–Trinajstić information content (AvgIpc) is 3.40. The van der Waals surface area contributed by atoms with Gasteiger partial charge in [0.2, 0.25) is 0 Å². The number of anilines is 3. The molecule has 2 nitrogen and oxygen atoms in total. The minimum atomic E-state index is 0.879. The lowest BCUT2D eigenvalue weighted by molar-refractivity contribution is 0.673. The first-order chi connectivity index (χ1) is 19.8. The molecule has 0 radical (unpaired) electrons. The quantitative estimate of drug-likeness (QED) is 0.234. The standard InChI is InChI=1S/C38H25NO/c1-3-12-27(13-4-1)34-25-35-32-23-22-29(24-37(32)40-38(35)33-20-10-9-19-31(33)34)39(28-16-5-2-6-17-28)36-21-11-15-26-14-7-8-18-30(26)36/h1-25H. The Kier molecular flexibility index (Phi) is 5.17. The highest BCUT2D eigenvalue weighted by Gasteiger charge is 2.19. The molecule has 0 atom stereocenters. The van der Waals surface area contributed by atoms with Crippen LogP contribution in [0.5, 0.6) is 0 Å². The summed E-state index contributed by atoms with van der Waals surface area (Å²) in [5, 5.41) is 7.00. The van der Waals surface area contributed by atoms with Gasteiger partial charge in [0.15, 0.2) is 0 Å². The van der Waals surface area contributed by atoms with Crippen molar-refractivity contribution in [2.24, 2.45) is 0 Å². The van der Waals surface area contributed by atoms with Crippen LogP contribution in [0.1, 0.15) is 0 Å². The maximum absolute atomic E-state index is 6.68. The summed E-state index contributed by atoms with van der Waals surface area (Å²) in [7, 11) is 0. The van der Waals surface area contributed by atoms with Crippen LogP contribution < -0.4 is 4.90 Å². The highest BCUT2D eigenvalue weighted by Crippen LogP contribution is 2.43. The Balaban J connectivity index is 1.38. The third kappa shape index (κ3) is 3.58. The molecule has 0 spiro atoms. The highest BCUT2D eigenvalue weighted by molar-refractivity contribution is 6.19. The summed E-state index contributed by atoms with van der Waals surface area (Å²) in [4.78, 5) is 2.32. The fourth-order valence-electron chi connectivity index (χ4n) is 5.99. The van der Waals surface area contributed by atoms with Crippen molar-refractivity contribution in [2.75, 3.05) is 4.90 Å². The Morgan fingerprint density at radius 1 is 0.425 bits per heavy atom. The predicted molar refractivity (Wildman–Crippen MR) is 169 cm³/mol. The van der Waals surface area contributed by atoms with Crippen molar-refractivity contribution in [3.05, 3.63) is 152 Å². The van der Waals surface area contributed by atoms with Gasteiger partial charge in [-0.2, -0.15) is 0 Å². The van der Waals surface area contributed by atoms with Crippen molar-refractivity contribution in [3.8, 4) is 11.1 Å². The lowest BCUT2D eigenvalue weighted by atomic mass is 9.95. The molecule has 0 unspecified atom stereocenters. The van der Waals surface area contributed by atoms with E-state index >= 15 is 0 Å². The molecule has 1 aromatic heterocycles. The van der Waals surface area contributed by atoms with Gasteiger partial charge in [-0.05, 0) is 58.3 Å². The number of rotatable bonds is 4. The van der Waals surface area contributed by atoms with Gasteiger partial charge in [-0.15, -0.1) is 0 Å². The maximum Gasteiger partial charge on any atom is 0.143 e. The van der Waals surface area contributed by atoms with Crippen LogP contribution in [0, 0.1) is 0 Å². The summed E-state index contributed by atoms with van der Waals surface area (Å²) < 4.78 is 6.68. The van der Waals surface area contributed by atoms with Gasteiger partial charge < -0.3 is 9.32 Å². The maximum atomic E-state index is 6.68. The molecule has 188 valence electrons. The number of hydrogen-bond donors (Lipinski definition) is 0. The predicted octanol–water partition coefficient (Wildman–Crippen LogP) is 11.0. The van der Waals surface area contributed by atoms with Gasteiger partial charge in [0.25, 0.3) is 0 Å². The summed E-state index contributed by atoms with van der Waals surface area (Å²) in [5.41, 5.74) is 7.53. The number of fused-ring (bicyclic) bond motifs is 6. The van der Waals surface area contributed by atoms with Crippen LogP contribution in [0.15, 0.2) is 156 Å². The third-order valence-corrected chi connectivity index (χ3v) is 7.83. The molecule has 0 saturated carbocycles. The van der Waals surface area contributed by atoms with E-state index in [2.05, 4.69) is 157 Å². The van der Waals surface area contributed by atoms with Crippen LogP contribution in [0.25, 0.3) is 54.6 Å². The number of hydrogen-bond acceptors (Lipinski definition) is 2. The van der Waals surface area contributed by atoms with Crippen molar-refractivity contribution >= 4 is 60.5 Å². The van der Waals surface area contributed by atoms with Crippen molar-refractivity contribution in [1.82, 2.24) is 0 Å². The molecule has 0 bridgehead atoms. The molecule has 7 aromatic carbocycles. The molecule has 1 heterocycles. The van der Waals surface area contributed by atoms with E-state index in [9.17, 15) is 0 Å². The van der Waals surface area contributed by atoms with E-state index in [1.54, 1.807) is 0 Å². The van der Waals surface area contributed by atoms with Crippen LogP contribution in [0.4, 0.5) is 17.1 Å². The Bertz CT molecular complexity index is 2150. The zero-order chi connectivity index (χ0) is 26.5. The van der Waals surface area contributed by atoms with Crippen LogP contribution in [-0.2, 0) is 0 Å². The number of para-hydroxylation sites is 1. The second kappa shape index (κ2) is 9.14. The van der Waals surface area contributed by atoms with E-state index < -0.39 is 0 Å². The van der Waals surface area contributed by atoms with E-state index in [0.717, 1.165) is 44.4 Å². The number of furan rings is 1. The summed E-state index contributed by atoms with van der Waals surface area (Å²) in [6.45, 7) is 0. The van der Waals surface area contributed by atoms with Gasteiger partial charge in [-0.25, -0.2) is 0 Å². The molecule has 0 fully saturated rings. The molecule has 0 N–H and O–H groups in total. The Hall–Kier alpha value is -5.34. The molecule has 0 saturated heterocycles. The number of benzene rings is 7. The molecule has 2 heteroatoms. The fraction of sp³-hybridized carbons (Fsp3) is 0. The molecule has 40 heavy (non-hydrogen) atoms. The Morgan fingerprint density at radius 3 is 1.93 bits per heavy atom. The lowest BCUT2D eigenvalue weighted by Gasteiger charge is -2.26. The second-order valence-electron chi connectivity index (χ2n) is 10.2. The smallest absolute Gasteiger partial charge is 0.143 e. The largest absolute Gasteiger partial charge is 0.455 e. The van der Waals surface area contributed by atoms with Gasteiger partial charge >= 0.3 is 0 Å². The zero-order valence-corrected chi connectivity index (χ0v) is 21.8. The summed E-state index contributed by atoms with van der Waals surface area (Å²) >= 11 is 0. The van der Waals surface area contributed by atoms with E-state index in [0.29, 0.717) is 0 Å². The van der Waals surface area contributed by atoms with Crippen molar-refractivity contribution in [2.45, 2.75) is 0 Å². The Labute approximate surface area is 232 Å². The zero-order valence-electron chi connectivity index (χ0n) is 21.8. The summed E-state index contributed by atoms with van der Waals surface area (Å²) in [5.74, 6) is 0. The molecular weight excluding hydrogens is 486 g/mol. The monoisotopic (exact) mass is 511 g/mol. The summed E-state index contributed by atoms with van der Waals surface area (Å²) in [6, 6.07) is 53.6. The second-order valence-corrected chi connectivity index (χ2v) is 10.2. The van der Waals surface area contributed by atoms with Gasteiger partial charge in [0, 0.05) is 39.0 Å². The van der Waals surface area contributed by atoms with E-state index in [1.165, 1.54) is 27.3 Å². The van der Waals surface area contributed by atoms with Crippen LogP contribution in [0.3, 0.4) is 0 Å². The van der Waals surface area contributed by atoms with Crippen LogP contribution >= 0.6 is 0 Å². The first-order valence-electron chi connectivity index (χ1n) is 13.6. The SMILES string of the molecule is c1ccc(-c2cc3c4ccc(N(c5ccccc5)c5cccc6ccccc56)cc4oc3c3ccccc23)cc1. The van der Waals surface area contributed by atoms with E-state index in [4.69, 9.17) is 4.42 Å². The van der Waals surface area contributed by atoms with Crippen molar-refractivity contribution in [3.63, 3.8) is 0 Å². The molecule has 0 aliphatic heterocycles. The van der Waals surface area contributed by atoms with Gasteiger partial charge in [-0.1, -0.05) is 109 Å².